The molecule has 0 bridgehead atoms. The summed E-state index contributed by atoms with van der Waals surface area (Å²) in [5, 5.41) is 4.00. The highest BCUT2D eigenvalue weighted by atomic mass is 35.5. The van der Waals surface area contributed by atoms with Gasteiger partial charge in [-0.25, -0.2) is 0 Å². The molecule has 0 radical (unpaired) electrons. The van der Waals surface area contributed by atoms with Gasteiger partial charge < -0.3 is 5.32 Å². The average Bonchev–Trinajstić information content (AvgIpc) is 2.66. The van der Waals surface area contributed by atoms with E-state index < -0.39 is 0 Å². The summed E-state index contributed by atoms with van der Waals surface area (Å²) in [6.45, 7) is 1.60. The fourth-order valence-corrected chi connectivity index (χ4v) is 4.45. The van der Waals surface area contributed by atoms with Crippen molar-refractivity contribution < 1.29 is 4.79 Å². The van der Waals surface area contributed by atoms with Crippen molar-refractivity contribution in [3.8, 4) is 0 Å². The maximum absolute atomic E-state index is 12.7. The fourth-order valence-electron chi connectivity index (χ4n) is 4.26. The van der Waals surface area contributed by atoms with E-state index in [0.29, 0.717) is 12.6 Å². The maximum Gasteiger partial charge on any atom is 0.223 e. The van der Waals surface area contributed by atoms with Crippen LogP contribution in [0.4, 0.5) is 0 Å². The van der Waals surface area contributed by atoms with Crippen molar-refractivity contribution in [1.29, 1.82) is 0 Å². The number of rotatable bonds is 3. The van der Waals surface area contributed by atoms with Crippen LogP contribution in [0.3, 0.4) is 0 Å². The van der Waals surface area contributed by atoms with Crippen LogP contribution in [-0.4, -0.2) is 30.4 Å². The lowest BCUT2D eigenvalue weighted by molar-refractivity contribution is -0.125. The lowest BCUT2D eigenvalue weighted by atomic mass is 9.83. The van der Waals surface area contributed by atoms with Gasteiger partial charge in [0.1, 0.15) is 0 Å². The molecule has 2 aromatic carbocycles. The van der Waals surface area contributed by atoms with Crippen LogP contribution >= 0.6 is 11.6 Å². The van der Waals surface area contributed by atoms with Crippen molar-refractivity contribution in [3.63, 3.8) is 0 Å². The molecular formula is C22H25ClN2O. The first kappa shape index (κ1) is 17.6. The Kier molecular flexibility index (Phi) is 5.01. The summed E-state index contributed by atoms with van der Waals surface area (Å²) >= 11 is 6.15. The van der Waals surface area contributed by atoms with Crippen LogP contribution in [0.15, 0.2) is 42.5 Å². The van der Waals surface area contributed by atoms with E-state index in [1.54, 1.807) is 0 Å². The third kappa shape index (κ3) is 3.65. The van der Waals surface area contributed by atoms with E-state index >= 15 is 0 Å². The van der Waals surface area contributed by atoms with Gasteiger partial charge in [-0.1, -0.05) is 41.9 Å². The van der Waals surface area contributed by atoms with Gasteiger partial charge in [-0.3, -0.25) is 9.69 Å². The number of hydrogen-bond acceptors (Lipinski definition) is 2. The van der Waals surface area contributed by atoms with Crippen LogP contribution in [0.25, 0.3) is 0 Å². The second-order valence-corrected chi connectivity index (χ2v) is 8.08. The van der Waals surface area contributed by atoms with Crippen LogP contribution in [-0.2, 0) is 30.6 Å². The summed E-state index contributed by atoms with van der Waals surface area (Å²) in [5.74, 6) is 0.297. The number of nitrogens with one attached hydrogen (secondary N) is 1. The standard InChI is InChI=1S/C22H25ClN2O/c1-25-14-18-8-9-20(23)11-19(18)12-21(25)13-24-22(26)17-7-6-15-4-2-3-5-16(15)10-17/h2-5,8-9,11,17,21H,6-7,10,12-14H2,1H3,(H,24,26)/t17-,21-/m1/s1. The van der Waals surface area contributed by atoms with Gasteiger partial charge in [-0.05, 0) is 67.1 Å². The Bertz CT molecular complexity index is 820. The first-order valence-electron chi connectivity index (χ1n) is 9.42. The molecule has 2 atom stereocenters. The van der Waals surface area contributed by atoms with E-state index in [2.05, 4.69) is 53.7 Å². The lowest BCUT2D eigenvalue weighted by Crippen LogP contribution is -2.47. The number of halogens is 1. The largest absolute Gasteiger partial charge is 0.354 e. The van der Waals surface area contributed by atoms with Gasteiger partial charge in [0.2, 0.25) is 5.91 Å². The molecule has 1 aliphatic carbocycles. The molecule has 0 saturated heterocycles. The number of nitrogens with zero attached hydrogens (tertiary/aromatic N) is 1. The summed E-state index contributed by atoms with van der Waals surface area (Å²) < 4.78 is 0. The zero-order valence-corrected chi connectivity index (χ0v) is 15.9. The van der Waals surface area contributed by atoms with Gasteiger partial charge in [0.05, 0.1) is 0 Å². The molecule has 1 aliphatic heterocycles. The quantitative estimate of drug-likeness (QED) is 0.897. The number of fused-ring (bicyclic) bond motifs is 2. The summed E-state index contributed by atoms with van der Waals surface area (Å²) in [7, 11) is 2.13. The number of amides is 1. The number of carbonyl (C=O) groups excluding carboxylic acids is 1. The van der Waals surface area contributed by atoms with Crippen LogP contribution < -0.4 is 5.32 Å². The van der Waals surface area contributed by atoms with E-state index in [1.165, 1.54) is 22.3 Å². The average molecular weight is 369 g/mol. The Morgan fingerprint density at radius 1 is 1.12 bits per heavy atom. The highest BCUT2D eigenvalue weighted by molar-refractivity contribution is 6.30. The molecule has 1 amide bonds. The Hall–Kier alpha value is -1.84. The number of aryl methyl sites for hydroxylation is 1. The third-order valence-corrected chi connectivity index (χ3v) is 6.13. The minimum absolute atomic E-state index is 0.0977. The normalized spacial score (nSPS) is 22.4. The molecule has 136 valence electrons. The molecule has 26 heavy (non-hydrogen) atoms. The smallest absolute Gasteiger partial charge is 0.223 e. The Morgan fingerprint density at radius 2 is 1.92 bits per heavy atom. The lowest BCUT2D eigenvalue weighted by Gasteiger charge is -2.34. The van der Waals surface area contributed by atoms with Crippen LogP contribution in [0.2, 0.25) is 5.02 Å². The summed E-state index contributed by atoms with van der Waals surface area (Å²) in [6, 6.07) is 14.9. The minimum Gasteiger partial charge on any atom is -0.354 e. The topological polar surface area (TPSA) is 32.3 Å². The molecule has 0 spiro atoms. The molecule has 4 heteroatoms. The van der Waals surface area contributed by atoms with E-state index in [-0.39, 0.29) is 11.8 Å². The molecule has 1 N–H and O–H groups in total. The summed E-state index contributed by atoms with van der Waals surface area (Å²) in [6.07, 6.45) is 3.74. The highest BCUT2D eigenvalue weighted by Gasteiger charge is 2.27. The number of likely N-dealkylation sites (N-methyl/N-ethyl adjacent to an activating group) is 1. The van der Waals surface area contributed by atoms with E-state index in [4.69, 9.17) is 11.6 Å². The van der Waals surface area contributed by atoms with Crippen molar-refractivity contribution in [2.75, 3.05) is 13.6 Å². The zero-order valence-electron chi connectivity index (χ0n) is 15.2. The van der Waals surface area contributed by atoms with Crippen molar-refractivity contribution in [1.82, 2.24) is 10.2 Å². The van der Waals surface area contributed by atoms with Crippen molar-refractivity contribution in [2.24, 2.45) is 5.92 Å². The third-order valence-electron chi connectivity index (χ3n) is 5.90. The Labute approximate surface area is 160 Å². The zero-order chi connectivity index (χ0) is 18.1. The molecule has 1 heterocycles. The molecule has 3 nitrogen and oxygen atoms in total. The number of benzene rings is 2. The van der Waals surface area contributed by atoms with Gasteiger partial charge in [-0.2, -0.15) is 0 Å². The predicted octanol–water partition coefficient (Wildman–Crippen LogP) is 3.62. The summed E-state index contributed by atoms with van der Waals surface area (Å²) in [5.41, 5.74) is 5.37. The SMILES string of the molecule is CN1Cc2ccc(Cl)cc2C[C@@H]1CNC(=O)[C@@H]1CCc2ccccc2C1. The van der Waals surface area contributed by atoms with Crippen molar-refractivity contribution >= 4 is 17.5 Å². The molecule has 0 aromatic heterocycles. The molecule has 0 saturated carbocycles. The fraction of sp³-hybridized carbons (Fsp3) is 0.409. The Balaban J connectivity index is 1.36. The second-order valence-electron chi connectivity index (χ2n) is 7.64. The van der Waals surface area contributed by atoms with Gasteiger partial charge in [0, 0.05) is 30.1 Å². The molecular weight excluding hydrogens is 344 g/mol. The molecule has 4 rings (SSSR count). The first-order valence-corrected chi connectivity index (χ1v) is 9.80. The Morgan fingerprint density at radius 3 is 2.77 bits per heavy atom. The monoisotopic (exact) mass is 368 g/mol. The molecule has 2 aliphatic rings. The summed E-state index contributed by atoms with van der Waals surface area (Å²) in [4.78, 5) is 15.0. The maximum atomic E-state index is 12.7. The minimum atomic E-state index is 0.0977. The molecule has 2 aromatic rings. The molecule has 0 fully saturated rings. The van der Waals surface area contributed by atoms with Gasteiger partial charge in [-0.15, -0.1) is 0 Å². The number of hydrogen-bond donors (Lipinski definition) is 1. The van der Waals surface area contributed by atoms with Crippen molar-refractivity contribution in [2.45, 2.75) is 38.3 Å². The first-order chi connectivity index (χ1) is 12.6. The van der Waals surface area contributed by atoms with Gasteiger partial charge in [0.15, 0.2) is 0 Å². The van der Waals surface area contributed by atoms with Gasteiger partial charge >= 0.3 is 0 Å². The predicted molar refractivity (Wildman–Crippen MR) is 105 cm³/mol. The van der Waals surface area contributed by atoms with E-state index in [1.807, 2.05) is 6.07 Å². The van der Waals surface area contributed by atoms with E-state index in [0.717, 1.165) is 37.3 Å². The molecule has 0 unspecified atom stereocenters. The van der Waals surface area contributed by atoms with E-state index in [9.17, 15) is 4.79 Å². The van der Waals surface area contributed by atoms with Crippen LogP contribution in [0, 0.1) is 5.92 Å². The second kappa shape index (κ2) is 7.42. The van der Waals surface area contributed by atoms with Crippen LogP contribution in [0.5, 0.6) is 0 Å². The highest BCUT2D eigenvalue weighted by Crippen LogP contribution is 2.27. The van der Waals surface area contributed by atoms with Gasteiger partial charge in [0.25, 0.3) is 0 Å². The van der Waals surface area contributed by atoms with Crippen LogP contribution in [0.1, 0.15) is 28.7 Å². The van der Waals surface area contributed by atoms with Crippen molar-refractivity contribution in [3.05, 3.63) is 69.7 Å². The number of carbonyl (C=O) groups is 1.